The maximum absolute atomic E-state index is 11.0. The fraction of sp³-hybridized carbons (Fsp3) is 0.385. The molecular formula is C13H14ClNO3. The fourth-order valence-electron chi connectivity index (χ4n) is 1.80. The molecule has 2 rings (SSSR count). The Bertz CT molecular complexity index is 606. The number of rotatable bonds is 3. The third kappa shape index (κ3) is 2.20. The van der Waals surface area contributed by atoms with E-state index in [1.165, 1.54) is 0 Å². The first-order valence-electron chi connectivity index (χ1n) is 5.69. The van der Waals surface area contributed by atoms with E-state index in [1.807, 2.05) is 6.92 Å². The molecule has 0 saturated heterocycles. The molecule has 1 aromatic carbocycles. The van der Waals surface area contributed by atoms with E-state index in [0.717, 1.165) is 5.56 Å². The first-order valence-corrected chi connectivity index (χ1v) is 6.07. The van der Waals surface area contributed by atoms with Crippen molar-refractivity contribution in [1.29, 1.82) is 0 Å². The van der Waals surface area contributed by atoms with E-state index in [4.69, 9.17) is 21.1 Å². The number of halogens is 1. The van der Waals surface area contributed by atoms with E-state index >= 15 is 0 Å². The van der Waals surface area contributed by atoms with Gasteiger partial charge in [0.25, 0.3) is 0 Å². The van der Waals surface area contributed by atoms with E-state index < -0.39 is 11.9 Å². The van der Waals surface area contributed by atoms with Crippen LogP contribution in [0.15, 0.2) is 16.5 Å². The number of hydrogen-bond acceptors (Lipinski definition) is 3. The summed E-state index contributed by atoms with van der Waals surface area (Å²) in [6, 6.07) is 3.51. The van der Waals surface area contributed by atoms with Crippen molar-refractivity contribution >= 4 is 28.7 Å². The van der Waals surface area contributed by atoms with Crippen molar-refractivity contribution in [2.75, 3.05) is 0 Å². The summed E-state index contributed by atoms with van der Waals surface area (Å²) in [5, 5.41) is 9.59. The van der Waals surface area contributed by atoms with Gasteiger partial charge in [0.1, 0.15) is 5.52 Å². The summed E-state index contributed by atoms with van der Waals surface area (Å²) in [6.45, 7) is 5.32. The van der Waals surface area contributed by atoms with Crippen LogP contribution in [0.1, 0.15) is 31.2 Å². The van der Waals surface area contributed by atoms with Crippen LogP contribution in [0.5, 0.6) is 0 Å². The average Bonchev–Trinajstić information content (AvgIpc) is 2.70. The van der Waals surface area contributed by atoms with Gasteiger partial charge in [0.05, 0.1) is 5.92 Å². The van der Waals surface area contributed by atoms with Crippen LogP contribution in [0.25, 0.3) is 11.1 Å². The Hall–Kier alpha value is -1.55. The molecule has 0 aliphatic rings. The summed E-state index contributed by atoms with van der Waals surface area (Å²) >= 11 is 5.95. The van der Waals surface area contributed by atoms with E-state index in [-0.39, 0.29) is 5.92 Å². The summed E-state index contributed by atoms with van der Waals surface area (Å²) in [5.74, 6) is -1.26. The first-order chi connectivity index (χ1) is 8.40. The summed E-state index contributed by atoms with van der Waals surface area (Å²) in [4.78, 5) is 15.3. The molecule has 1 aromatic heterocycles. The molecule has 1 N–H and O–H groups in total. The largest absolute Gasteiger partial charge is 0.481 e. The Morgan fingerprint density at radius 1 is 1.44 bits per heavy atom. The molecule has 0 radical (unpaired) electrons. The summed E-state index contributed by atoms with van der Waals surface area (Å²) in [7, 11) is 0. The van der Waals surface area contributed by atoms with Crippen LogP contribution in [-0.4, -0.2) is 16.1 Å². The molecular weight excluding hydrogens is 254 g/mol. The molecule has 4 nitrogen and oxygen atoms in total. The number of aliphatic carboxylic acids is 1. The molecule has 0 spiro atoms. The summed E-state index contributed by atoms with van der Waals surface area (Å²) in [5.41, 5.74) is 2.23. The highest BCUT2D eigenvalue weighted by atomic mass is 35.5. The van der Waals surface area contributed by atoms with Crippen molar-refractivity contribution in [1.82, 2.24) is 4.98 Å². The molecule has 0 amide bonds. The maximum Gasteiger partial charge on any atom is 0.307 e. The van der Waals surface area contributed by atoms with Crippen LogP contribution in [0, 0.1) is 12.8 Å². The monoisotopic (exact) mass is 267 g/mol. The van der Waals surface area contributed by atoms with Gasteiger partial charge >= 0.3 is 5.97 Å². The summed E-state index contributed by atoms with van der Waals surface area (Å²) in [6.07, 6.45) is 0. The number of carboxylic acid groups (broad SMARTS) is 1. The second-order valence-corrected chi connectivity index (χ2v) is 4.98. The first kappa shape index (κ1) is 12.9. The Kier molecular flexibility index (Phi) is 3.30. The van der Waals surface area contributed by atoms with Gasteiger partial charge in [-0.05, 0) is 24.6 Å². The van der Waals surface area contributed by atoms with E-state index in [2.05, 4.69) is 4.98 Å². The minimum Gasteiger partial charge on any atom is -0.481 e. The van der Waals surface area contributed by atoms with Crippen molar-refractivity contribution in [3.8, 4) is 0 Å². The lowest BCUT2D eigenvalue weighted by molar-refractivity contribution is -0.141. The minimum atomic E-state index is -0.862. The zero-order valence-electron chi connectivity index (χ0n) is 10.4. The number of benzene rings is 1. The highest BCUT2D eigenvalue weighted by Crippen LogP contribution is 2.30. The standard InChI is InChI=1S/C13H14ClNO3/c1-6-4-9(14)5-10-11(6)18-12(15-10)7(2)8(3)13(16)17/h4-5,7-8H,1-3H3,(H,16,17). The Labute approximate surface area is 110 Å². The van der Waals surface area contributed by atoms with Crippen molar-refractivity contribution in [3.63, 3.8) is 0 Å². The molecule has 96 valence electrons. The average molecular weight is 268 g/mol. The van der Waals surface area contributed by atoms with Crippen LogP contribution in [0.3, 0.4) is 0 Å². The summed E-state index contributed by atoms with van der Waals surface area (Å²) < 4.78 is 5.65. The highest BCUT2D eigenvalue weighted by Gasteiger charge is 2.25. The molecule has 0 saturated carbocycles. The van der Waals surface area contributed by atoms with Gasteiger partial charge in [-0.1, -0.05) is 25.4 Å². The predicted octanol–water partition coefficient (Wildman–Crippen LogP) is 3.61. The van der Waals surface area contributed by atoms with Crippen LogP contribution >= 0.6 is 11.6 Å². The molecule has 0 aliphatic heterocycles. The van der Waals surface area contributed by atoms with Gasteiger partial charge in [-0.3, -0.25) is 4.79 Å². The molecule has 5 heteroatoms. The lowest BCUT2D eigenvalue weighted by atomic mass is 9.96. The van der Waals surface area contributed by atoms with E-state index in [1.54, 1.807) is 26.0 Å². The maximum atomic E-state index is 11.0. The lowest BCUT2D eigenvalue weighted by Crippen LogP contribution is -2.16. The van der Waals surface area contributed by atoms with Crippen molar-refractivity contribution in [2.24, 2.45) is 5.92 Å². The zero-order chi connectivity index (χ0) is 13.4. The molecule has 0 fully saturated rings. The molecule has 18 heavy (non-hydrogen) atoms. The fourth-order valence-corrected chi connectivity index (χ4v) is 2.06. The minimum absolute atomic E-state index is 0.284. The van der Waals surface area contributed by atoms with Crippen LogP contribution < -0.4 is 0 Å². The number of carbonyl (C=O) groups is 1. The normalized spacial score (nSPS) is 14.7. The molecule has 0 bridgehead atoms. The van der Waals surface area contributed by atoms with Gasteiger partial charge < -0.3 is 9.52 Å². The molecule has 2 aromatic rings. The predicted molar refractivity (Wildman–Crippen MR) is 69.0 cm³/mol. The van der Waals surface area contributed by atoms with Gasteiger partial charge in [0.15, 0.2) is 11.5 Å². The molecule has 0 aliphatic carbocycles. The number of fused-ring (bicyclic) bond motifs is 1. The van der Waals surface area contributed by atoms with Gasteiger partial charge in [0, 0.05) is 10.9 Å². The third-order valence-electron chi connectivity index (χ3n) is 3.19. The molecule has 2 unspecified atom stereocenters. The number of nitrogens with zero attached hydrogens (tertiary/aromatic N) is 1. The van der Waals surface area contributed by atoms with Crippen molar-refractivity contribution < 1.29 is 14.3 Å². The van der Waals surface area contributed by atoms with Crippen LogP contribution in [0.4, 0.5) is 0 Å². The van der Waals surface area contributed by atoms with Gasteiger partial charge in [0.2, 0.25) is 0 Å². The van der Waals surface area contributed by atoms with E-state index in [9.17, 15) is 4.79 Å². The number of aryl methyl sites for hydroxylation is 1. The highest BCUT2D eigenvalue weighted by molar-refractivity contribution is 6.31. The Balaban J connectivity index is 2.47. The number of aromatic nitrogens is 1. The second-order valence-electron chi connectivity index (χ2n) is 4.54. The zero-order valence-corrected chi connectivity index (χ0v) is 11.2. The van der Waals surface area contributed by atoms with Crippen molar-refractivity contribution in [2.45, 2.75) is 26.7 Å². The van der Waals surface area contributed by atoms with Gasteiger partial charge in [-0.2, -0.15) is 0 Å². The number of hydrogen-bond donors (Lipinski definition) is 1. The van der Waals surface area contributed by atoms with Crippen molar-refractivity contribution in [3.05, 3.63) is 28.6 Å². The lowest BCUT2D eigenvalue weighted by Gasteiger charge is -2.11. The molecule has 2 atom stereocenters. The second kappa shape index (κ2) is 4.61. The van der Waals surface area contributed by atoms with Crippen LogP contribution in [0.2, 0.25) is 5.02 Å². The van der Waals surface area contributed by atoms with Crippen LogP contribution in [-0.2, 0) is 4.79 Å². The van der Waals surface area contributed by atoms with E-state index in [0.29, 0.717) is 22.0 Å². The quantitative estimate of drug-likeness (QED) is 0.923. The Morgan fingerprint density at radius 2 is 2.11 bits per heavy atom. The number of carboxylic acids is 1. The third-order valence-corrected chi connectivity index (χ3v) is 3.40. The molecule has 1 heterocycles. The van der Waals surface area contributed by atoms with Gasteiger partial charge in [-0.15, -0.1) is 0 Å². The SMILES string of the molecule is Cc1cc(Cl)cc2nc(C(C)C(C)C(=O)O)oc12. The topological polar surface area (TPSA) is 63.3 Å². The smallest absolute Gasteiger partial charge is 0.307 e. The number of oxazole rings is 1. The Morgan fingerprint density at radius 3 is 2.72 bits per heavy atom. The van der Waals surface area contributed by atoms with Gasteiger partial charge in [-0.25, -0.2) is 4.98 Å².